The molecule has 0 amide bonds. The zero-order chi connectivity index (χ0) is 15.6. The first-order chi connectivity index (χ1) is 9.81. The van der Waals surface area contributed by atoms with Crippen molar-refractivity contribution in [3.63, 3.8) is 0 Å². The minimum atomic E-state index is -0.383. The summed E-state index contributed by atoms with van der Waals surface area (Å²) < 4.78 is 19.2. The highest BCUT2D eigenvalue weighted by molar-refractivity contribution is 5.45. The van der Waals surface area contributed by atoms with Crippen molar-refractivity contribution in [3.05, 3.63) is 58.9 Å². The molecule has 1 N–H and O–H groups in total. The van der Waals surface area contributed by atoms with Crippen LogP contribution < -0.4 is 4.74 Å². The number of hydrogen-bond acceptors (Lipinski definition) is 2. The Morgan fingerprint density at radius 2 is 1.71 bits per heavy atom. The van der Waals surface area contributed by atoms with Crippen molar-refractivity contribution in [2.75, 3.05) is 0 Å². The van der Waals surface area contributed by atoms with Crippen molar-refractivity contribution in [2.24, 2.45) is 0 Å². The molecule has 0 saturated heterocycles. The highest BCUT2D eigenvalue weighted by atomic mass is 19.1. The Labute approximate surface area is 125 Å². The van der Waals surface area contributed by atoms with Crippen molar-refractivity contribution in [3.8, 4) is 11.5 Å². The quantitative estimate of drug-likeness (QED) is 0.885. The van der Waals surface area contributed by atoms with Crippen LogP contribution in [0.15, 0.2) is 36.4 Å². The molecule has 2 nitrogen and oxygen atoms in total. The maximum absolute atomic E-state index is 13.2. The van der Waals surface area contributed by atoms with Crippen LogP contribution in [0, 0.1) is 12.7 Å². The number of benzene rings is 2. The van der Waals surface area contributed by atoms with Gasteiger partial charge in [-0.1, -0.05) is 38.5 Å². The smallest absolute Gasteiger partial charge is 0.133 e. The van der Waals surface area contributed by atoms with Gasteiger partial charge in [0.1, 0.15) is 17.3 Å². The molecule has 0 aliphatic carbocycles. The number of halogens is 1. The van der Waals surface area contributed by atoms with Crippen LogP contribution in [-0.2, 0) is 12.0 Å². The fraction of sp³-hybridized carbons (Fsp3) is 0.333. The predicted molar refractivity (Wildman–Crippen MR) is 82.3 cm³/mol. The molecule has 0 radical (unpaired) electrons. The van der Waals surface area contributed by atoms with E-state index in [9.17, 15) is 9.50 Å². The van der Waals surface area contributed by atoms with Gasteiger partial charge >= 0.3 is 0 Å². The van der Waals surface area contributed by atoms with Gasteiger partial charge in [0.2, 0.25) is 0 Å². The minimum Gasteiger partial charge on any atom is -0.457 e. The summed E-state index contributed by atoms with van der Waals surface area (Å²) in [7, 11) is 0. The van der Waals surface area contributed by atoms with Crippen LogP contribution in [0.5, 0.6) is 11.5 Å². The third-order valence-corrected chi connectivity index (χ3v) is 3.36. The Morgan fingerprint density at radius 3 is 2.33 bits per heavy atom. The van der Waals surface area contributed by atoms with Gasteiger partial charge in [-0.25, -0.2) is 4.39 Å². The molecule has 0 atom stereocenters. The average molecular weight is 288 g/mol. The second-order valence-corrected chi connectivity index (χ2v) is 6.26. The van der Waals surface area contributed by atoms with Crippen molar-refractivity contribution in [1.29, 1.82) is 0 Å². The van der Waals surface area contributed by atoms with Gasteiger partial charge in [-0.2, -0.15) is 0 Å². The first-order valence-corrected chi connectivity index (χ1v) is 6.99. The zero-order valence-electron chi connectivity index (χ0n) is 12.9. The summed E-state index contributed by atoms with van der Waals surface area (Å²) in [6.07, 6.45) is 0. The zero-order valence-corrected chi connectivity index (χ0v) is 12.9. The van der Waals surface area contributed by atoms with Crippen LogP contribution >= 0.6 is 0 Å². The van der Waals surface area contributed by atoms with E-state index in [1.807, 2.05) is 19.1 Å². The molecule has 112 valence electrons. The molecule has 0 saturated carbocycles. The predicted octanol–water partition coefficient (Wildman–Crippen LogP) is 4.72. The van der Waals surface area contributed by atoms with Crippen molar-refractivity contribution >= 4 is 0 Å². The van der Waals surface area contributed by atoms with E-state index in [-0.39, 0.29) is 17.8 Å². The number of aliphatic hydroxyl groups excluding tert-OH is 1. The standard InChI is InChI=1S/C18H21FO2/c1-12-5-7-17(15(9-12)18(2,3)4)21-16-8-6-14(19)10-13(16)11-20/h5-10,20H,11H2,1-4H3. The SMILES string of the molecule is Cc1ccc(Oc2ccc(F)cc2CO)c(C(C)(C)C)c1. The molecule has 0 aliphatic heterocycles. The van der Waals surface area contributed by atoms with Crippen molar-refractivity contribution in [2.45, 2.75) is 39.7 Å². The van der Waals surface area contributed by atoms with Gasteiger partial charge in [0.25, 0.3) is 0 Å². The molecule has 21 heavy (non-hydrogen) atoms. The second kappa shape index (κ2) is 5.86. The molecular formula is C18H21FO2. The third-order valence-electron chi connectivity index (χ3n) is 3.36. The van der Waals surface area contributed by atoms with Crippen LogP contribution in [0.2, 0.25) is 0 Å². The van der Waals surface area contributed by atoms with E-state index < -0.39 is 0 Å². The minimum absolute atomic E-state index is 0.0687. The van der Waals surface area contributed by atoms with Gasteiger partial charge in [-0.05, 0) is 36.6 Å². The number of ether oxygens (including phenoxy) is 1. The molecule has 3 heteroatoms. The largest absolute Gasteiger partial charge is 0.457 e. The van der Waals surface area contributed by atoms with E-state index in [4.69, 9.17) is 4.74 Å². The highest BCUT2D eigenvalue weighted by Gasteiger charge is 2.20. The number of hydrogen-bond donors (Lipinski definition) is 1. The molecule has 0 aliphatic rings. The first-order valence-electron chi connectivity index (χ1n) is 6.99. The summed E-state index contributed by atoms with van der Waals surface area (Å²) >= 11 is 0. The lowest BCUT2D eigenvalue weighted by molar-refractivity contribution is 0.275. The lowest BCUT2D eigenvalue weighted by Crippen LogP contribution is -2.13. The van der Waals surface area contributed by atoms with Gasteiger partial charge in [0.15, 0.2) is 0 Å². The second-order valence-electron chi connectivity index (χ2n) is 6.26. The molecule has 0 unspecified atom stereocenters. The van der Waals surface area contributed by atoms with Crippen molar-refractivity contribution in [1.82, 2.24) is 0 Å². The monoisotopic (exact) mass is 288 g/mol. The summed E-state index contributed by atoms with van der Waals surface area (Å²) in [4.78, 5) is 0. The van der Waals surface area contributed by atoms with E-state index in [1.54, 1.807) is 6.07 Å². The average Bonchev–Trinajstić information content (AvgIpc) is 2.41. The van der Waals surface area contributed by atoms with E-state index in [1.165, 1.54) is 12.1 Å². The van der Waals surface area contributed by atoms with Crippen LogP contribution in [0.25, 0.3) is 0 Å². The molecule has 0 fully saturated rings. The van der Waals surface area contributed by atoms with Crippen LogP contribution in [-0.4, -0.2) is 5.11 Å². The summed E-state index contributed by atoms with van der Waals surface area (Å²) in [6.45, 7) is 8.13. The van der Waals surface area contributed by atoms with Crippen LogP contribution in [0.1, 0.15) is 37.5 Å². The Bertz CT molecular complexity index is 642. The molecule has 0 spiro atoms. The van der Waals surface area contributed by atoms with E-state index in [2.05, 4.69) is 26.8 Å². The maximum Gasteiger partial charge on any atom is 0.133 e. The molecule has 2 aromatic carbocycles. The Kier molecular flexibility index (Phi) is 4.33. The lowest BCUT2D eigenvalue weighted by atomic mass is 9.85. The van der Waals surface area contributed by atoms with Gasteiger partial charge in [-0.3, -0.25) is 0 Å². The van der Waals surface area contributed by atoms with Crippen LogP contribution in [0.3, 0.4) is 0 Å². The van der Waals surface area contributed by atoms with Gasteiger partial charge in [0, 0.05) is 11.1 Å². The fourth-order valence-corrected chi connectivity index (χ4v) is 2.21. The van der Waals surface area contributed by atoms with Gasteiger partial charge < -0.3 is 9.84 Å². The normalized spacial score (nSPS) is 11.5. The van der Waals surface area contributed by atoms with Crippen molar-refractivity contribution < 1.29 is 14.2 Å². The molecular weight excluding hydrogens is 267 g/mol. The van der Waals surface area contributed by atoms with E-state index in [0.717, 1.165) is 16.9 Å². The highest BCUT2D eigenvalue weighted by Crippen LogP contribution is 2.36. The van der Waals surface area contributed by atoms with Gasteiger partial charge in [0.05, 0.1) is 6.61 Å². The fourth-order valence-electron chi connectivity index (χ4n) is 2.21. The lowest BCUT2D eigenvalue weighted by Gasteiger charge is -2.23. The number of aryl methyl sites for hydroxylation is 1. The molecule has 0 bridgehead atoms. The third kappa shape index (κ3) is 3.61. The topological polar surface area (TPSA) is 29.5 Å². The summed E-state index contributed by atoms with van der Waals surface area (Å²) in [5, 5.41) is 9.35. The molecule has 0 aromatic heterocycles. The molecule has 2 rings (SSSR count). The Hall–Kier alpha value is -1.87. The van der Waals surface area contributed by atoms with Crippen LogP contribution in [0.4, 0.5) is 4.39 Å². The summed E-state index contributed by atoms with van der Waals surface area (Å²) in [6, 6.07) is 10.2. The van der Waals surface area contributed by atoms with Gasteiger partial charge in [-0.15, -0.1) is 0 Å². The number of aliphatic hydroxyl groups is 1. The first kappa shape index (κ1) is 15.5. The number of rotatable bonds is 3. The molecule has 2 aromatic rings. The maximum atomic E-state index is 13.2. The summed E-state index contributed by atoms with van der Waals surface area (Å²) in [5.41, 5.74) is 2.61. The summed E-state index contributed by atoms with van der Waals surface area (Å²) in [5.74, 6) is 0.828. The Morgan fingerprint density at radius 1 is 1.05 bits per heavy atom. The van der Waals surface area contributed by atoms with E-state index in [0.29, 0.717) is 11.3 Å². The Balaban J connectivity index is 2.45. The molecule has 0 heterocycles. The van der Waals surface area contributed by atoms with E-state index >= 15 is 0 Å².